The molecule has 0 aromatic rings. The predicted octanol–water partition coefficient (Wildman–Crippen LogP) is 3.38. The third kappa shape index (κ3) is 2.26. The molecule has 0 radical (unpaired) electrons. The van der Waals surface area contributed by atoms with Crippen LogP contribution in [0, 0.1) is 34.5 Å². The Morgan fingerprint density at radius 1 is 0.957 bits per heavy atom. The Bertz CT molecular complexity index is 452. The summed E-state index contributed by atoms with van der Waals surface area (Å²) in [6.07, 6.45) is 10.1. The zero-order chi connectivity index (χ0) is 16.2. The van der Waals surface area contributed by atoms with Crippen LogP contribution in [0.2, 0.25) is 0 Å². The molecular weight excluding hydrogens is 288 g/mol. The maximum absolute atomic E-state index is 10.6. The van der Waals surface area contributed by atoms with Gasteiger partial charge >= 0.3 is 0 Å². The number of ether oxygens (including phenoxy) is 1. The van der Waals surface area contributed by atoms with Crippen molar-refractivity contribution >= 4 is 0 Å². The maximum atomic E-state index is 10.6. The van der Waals surface area contributed by atoms with Crippen molar-refractivity contribution in [1.82, 2.24) is 0 Å². The third-order valence-electron chi connectivity index (χ3n) is 8.70. The molecule has 0 aromatic heterocycles. The molecule has 0 unspecified atom stereocenters. The molecule has 23 heavy (non-hydrogen) atoms. The van der Waals surface area contributed by atoms with Crippen molar-refractivity contribution in [2.24, 2.45) is 34.5 Å². The summed E-state index contributed by atoms with van der Waals surface area (Å²) < 4.78 is 5.75. The lowest BCUT2D eigenvalue weighted by Gasteiger charge is -2.61. The average molecular weight is 322 g/mol. The van der Waals surface area contributed by atoms with Gasteiger partial charge in [0.15, 0.2) is 0 Å². The fourth-order valence-electron chi connectivity index (χ4n) is 7.55. The van der Waals surface area contributed by atoms with Crippen LogP contribution in [-0.2, 0) is 4.74 Å². The van der Waals surface area contributed by atoms with Crippen LogP contribution in [0.3, 0.4) is 0 Å². The molecular formula is C20H34O3. The number of aliphatic hydroxyl groups excluding tert-OH is 2. The van der Waals surface area contributed by atoms with Gasteiger partial charge in [-0.15, -0.1) is 0 Å². The quantitative estimate of drug-likeness (QED) is 0.819. The van der Waals surface area contributed by atoms with E-state index < -0.39 is 0 Å². The minimum Gasteiger partial charge on any atom is -0.393 e. The van der Waals surface area contributed by atoms with Gasteiger partial charge in [-0.25, -0.2) is 0 Å². The van der Waals surface area contributed by atoms with Gasteiger partial charge in [0.2, 0.25) is 0 Å². The molecule has 4 aliphatic rings. The van der Waals surface area contributed by atoms with E-state index in [-0.39, 0.29) is 17.6 Å². The highest BCUT2D eigenvalue weighted by molar-refractivity contribution is 5.10. The second-order valence-electron chi connectivity index (χ2n) is 9.38. The zero-order valence-corrected chi connectivity index (χ0v) is 14.8. The van der Waals surface area contributed by atoms with Crippen LogP contribution < -0.4 is 0 Å². The van der Waals surface area contributed by atoms with Crippen LogP contribution in [0.1, 0.15) is 64.7 Å². The molecule has 3 heteroatoms. The van der Waals surface area contributed by atoms with Gasteiger partial charge in [0.25, 0.3) is 0 Å². The molecule has 3 nitrogen and oxygen atoms in total. The molecule has 0 heterocycles. The van der Waals surface area contributed by atoms with Gasteiger partial charge < -0.3 is 14.9 Å². The topological polar surface area (TPSA) is 49.7 Å². The maximum Gasteiger partial charge on any atom is 0.0596 e. The number of hydrogen-bond donors (Lipinski definition) is 2. The molecule has 0 amide bonds. The summed E-state index contributed by atoms with van der Waals surface area (Å²) in [6.45, 7) is 3.23. The Kier molecular flexibility index (Phi) is 4.06. The van der Waals surface area contributed by atoms with Crippen LogP contribution in [-0.4, -0.2) is 36.1 Å². The summed E-state index contributed by atoms with van der Waals surface area (Å²) in [5, 5.41) is 20.7. The monoisotopic (exact) mass is 322 g/mol. The first-order valence-corrected chi connectivity index (χ1v) is 9.86. The first-order chi connectivity index (χ1) is 11.0. The summed E-state index contributed by atoms with van der Waals surface area (Å²) in [5.74, 6) is 2.87. The van der Waals surface area contributed by atoms with Crippen LogP contribution >= 0.6 is 0 Å². The molecule has 2 N–H and O–H groups in total. The normalized spacial score (nSPS) is 55.8. The molecule has 0 spiro atoms. The molecule has 0 bridgehead atoms. The van der Waals surface area contributed by atoms with Crippen molar-refractivity contribution in [3.05, 3.63) is 0 Å². The van der Waals surface area contributed by atoms with Gasteiger partial charge in [0, 0.05) is 7.11 Å². The molecule has 0 aromatic carbocycles. The minimum atomic E-state index is -0.0938. The van der Waals surface area contributed by atoms with E-state index in [0.717, 1.165) is 44.1 Å². The summed E-state index contributed by atoms with van der Waals surface area (Å²) in [7, 11) is 1.85. The first-order valence-electron chi connectivity index (χ1n) is 9.86. The molecule has 0 saturated heterocycles. The van der Waals surface area contributed by atoms with E-state index in [4.69, 9.17) is 4.74 Å². The first kappa shape index (κ1) is 16.4. The van der Waals surface area contributed by atoms with Crippen molar-refractivity contribution < 1.29 is 14.9 Å². The van der Waals surface area contributed by atoms with Crippen LogP contribution in [0.25, 0.3) is 0 Å². The Hall–Kier alpha value is -0.120. The lowest BCUT2D eigenvalue weighted by atomic mass is 9.44. The third-order valence-corrected chi connectivity index (χ3v) is 8.70. The number of hydrogen-bond acceptors (Lipinski definition) is 3. The summed E-state index contributed by atoms with van der Waals surface area (Å²) in [6, 6.07) is 0. The van der Waals surface area contributed by atoms with E-state index in [0.29, 0.717) is 17.3 Å². The molecule has 4 aliphatic carbocycles. The zero-order valence-electron chi connectivity index (χ0n) is 14.8. The Labute approximate surface area is 140 Å². The molecule has 4 fully saturated rings. The van der Waals surface area contributed by atoms with Crippen molar-refractivity contribution in [3.63, 3.8) is 0 Å². The standard InChI is InChI=1S/C20H34O3/c1-19-9-8-17-15(16(19)5-6-18(19)22)4-3-13-11-14(21)7-10-20(13,17)12-23-2/h13-18,21-22H,3-12H2,1-2H3/t13-,14-,15-,16-,17-,18-,19-,20+/m0/s1. The SMILES string of the molecule is COC[C@]12CC[C@H](O)C[C@@H]1CC[C@H]1[C@@H]3CC[C@H](O)[C@@]3(C)CC[C@@H]12. The molecule has 8 atom stereocenters. The molecule has 4 rings (SSSR count). The summed E-state index contributed by atoms with van der Waals surface area (Å²) in [4.78, 5) is 0. The van der Waals surface area contributed by atoms with E-state index in [1.54, 1.807) is 0 Å². The van der Waals surface area contributed by atoms with Crippen molar-refractivity contribution in [1.29, 1.82) is 0 Å². The highest BCUT2D eigenvalue weighted by atomic mass is 16.5. The highest BCUT2D eigenvalue weighted by Gasteiger charge is 2.61. The fourth-order valence-corrected chi connectivity index (χ4v) is 7.55. The van der Waals surface area contributed by atoms with E-state index in [1.807, 2.05) is 7.11 Å². The average Bonchev–Trinajstić information content (AvgIpc) is 2.84. The summed E-state index contributed by atoms with van der Waals surface area (Å²) in [5.41, 5.74) is 0.461. The van der Waals surface area contributed by atoms with E-state index in [9.17, 15) is 10.2 Å². The minimum absolute atomic E-state index is 0.0854. The van der Waals surface area contributed by atoms with Gasteiger partial charge in [-0.1, -0.05) is 6.92 Å². The Morgan fingerprint density at radius 2 is 1.78 bits per heavy atom. The van der Waals surface area contributed by atoms with E-state index >= 15 is 0 Å². The fraction of sp³-hybridized carbons (Fsp3) is 1.00. The number of rotatable bonds is 2. The second kappa shape index (κ2) is 5.71. The van der Waals surface area contributed by atoms with Crippen molar-refractivity contribution in [3.8, 4) is 0 Å². The van der Waals surface area contributed by atoms with Crippen molar-refractivity contribution in [2.75, 3.05) is 13.7 Å². The van der Waals surface area contributed by atoms with Crippen LogP contribution in [0.4, 0.5) is 0 Å². The number of aliphatic hydroxyl groups is 2. The van der Waals surface area contributed by atoms with E-state index in [1.165, 1.54) is 32.1 Å². The number of methoxy groups -OCH3 is 1. The van der Waals surface area contributed by atoms with Gasteiger partial charge in [0.05, 0.1) is 18.8 Å². The Morgan fingerprint density at radius 3 is 2.57 bits per heavy atom. The largest absolute Gasteiger partial charge is 0.393 e. The molecule has 132 valence electrons. The Balaban J connectivity index is 1.65. The smallest absolute Gasteiger partial charge is 0.0596 e. The lowest BCUT2D eigenvalue weighted by molar-refractivity contribution is -0.162. The van der Waals surface area contributed by atoms with Gasteiger partial charge in [-0.05, 0) is 92.3 Å². The summed E-state index contributed by atoms with van der Waals surface area (Å²) >= 11 is 0. The molecule has 4 saturated carbocycles. The van der Waals surface area contributed by atoms with Gasteiger partial charge in [0.1, 0.15) is 0 Å². The predicted molar refractivity (Wildman–Crippen MR) is 89.9 cm³/mol. The second-order valence-corrected chi connectivity index (χ2v) is 9.38. The lowest BCUT2D eigenvalue weighted by Crippen LogP contribution is -2.57. The van der Waals surface area contributed by atoms with Gasteiger partial charge in [-0.2, -0.15) is 0 Å². The van der Waals surface area contributed by atoms with E-state index in [2.05, 4.69) is 6.92 Å². The van der Waals surface area contributed by atoms with Gasteiger partial charge in [-0.3, -0.25) is 0 Å². The van der Waals surface area contributed by atoms with Crippen molar-refractivity contribution in [2.45, 2.75) is 76.9 Å². The number of fused-ring (bicyclic) bond motifs is 5. The molecule has 0 aliphatic heterocycles. The highest BCUT2D eigenvalue weighted by Crippen LogP contribution is 2.66. The van der Waals surface area contributed by atoms with Crippen LogP contribution in [0.5, 0.6) is 0 Å². The van der Waals surface area contributed by atoms with Crippen LogP contribution in [0.15, 0.2) is 0 Å².